The van der Waals surface area contributed by atoms with Gasteiger partial charge in [0.25, 0.3) is 5.91 Å². The molecule has 2 heterocycles. The van der Waals surface area contributed by atoms with Gasteiger partial charge in [0.2, 0.25) is 0 Å². The summed E-state index contributed by atoms with van der Waals surface area (Å²) < 4.78 is 1.77. The van der Waals surface area contributed by atoms with Gasteiger partial charge < -0.3 is 5.32 Å². The van der Waals surface area contributed by atoms with Crippen LogP contribution in [0.25, 0.3) is 16.7 Å². The van der Waals surface area contributed by atoms with Crippen molar-refractivity contribution in [1.82, 2.24) is 14.8 Å². The molecular weight excluding hydrogens is 360 g/mol. The average Bonchev–Trinajstić information content (AvgIpc) is 3.00. The first kappa shape index (κ1) is 17.2. The number of nitrogens with one attached hydrogen (secondary N) is 1. The van der Waals surface area contributed by atoms with E-state index in [9.17, 15) is 4.79 Å². The third-order valence-corrected chi connectivity index (χ3v) is 4.64. The third kappa shape index (κ3) is 3.17. The van der Waals surface area contributed by atoms with E-state index in [1.165, 1.54) is 0 Å². The van der Waals surface area contributed by atoms with Crippen LogP contribution in [0.5, 0.6) is 0 Å². The Balaban J connectivity index is 1.85. The van der Waals surface area contributed by atoms with Gasteiger partial charge >= 0.3 is 0 Å². The molecule has 2 aromatic carbocycles. The fourth-order valence-corrected chi connectivity index (χ4v) is 3.28. The van der Waals surface area contributed by atoms with Crippen LogP contribution in [0, 0.1) is 13.8 Å². The standard InChI is InChI=1S/C21H17ClN4O/c1-13-12-16(21(27)24-18-11-7-6-10-17(18)22)19-14(2)25-26(20(19)23-13)15-8-4-3-5-9-15/h3-12H,1-2H3,(H,24,27). The molecule has 1 N–H and O–H groups in total. The Kier molecular flexibility index (Phi) is 4.38. The molecule has 4 rings (SSSR count). The summed E-state index contributed by atoms with van der Waals surface area (Å²) in [6.07, 6.45) is 0. The van der Waals surface area contributed by atoms with Gasteiger partial charge in [-0.3, -0.25) is 4.79 Å². The molecule has 0 unspecified atom stereocenters. The number of pyridine rings is 1. The van der Waals surface area contributed by atoms with Crippen molar-refractivity contribution in [1.29, 1.82) is 0 Å². The van der Waals surface area contributed by atoms with Crippen LogP contribution < -0.4 is 5.32 Å². The predicted octanol–water partition coefficient (Wildman–Crippen LogP) is 4.94. The van der Waals surface area contributed by atoms with Gasteiger partial charge in [-0.05, 0) is 44.2 Å². The first-order chi connectivity index (χ1) is 13.0. The maximum Gasteiger partial charge on any atom is 0.256 e. The van der Waals surface area contributed by atoms with E-state index in [-0.39, 0.29) is 5.91 Å². The van der Waals surface area contributed by atoms with Crippen LogP contribution >= 0.6 is 11.6 Å². The number of aromatic nitrogens is 3. The zero-order chi connectivity index (χ0) is 19.0. The van der Waals surface area contributed by atoms with Crippen molar-refractivity contribution < 1.29 is 4.79 Å². The lowest BCUT2D eigenvalue weighted by molar-refractivity contribution is 0.102. The highest BCUT2D eigenvalue weighted by Gasteiger charge is 2.20. The second kappa shape index (κ2) is 6.85. The van der Waals surface area contributed by atoms with E-state index in [1.807, 2.05) is 56.3 Å². The predicted molar refractivity (Wildman–Crippen MR) is 108 cm³/mol. The lowest BCUT2D eigenvalue weighted by Gasteiger charge is -2.09. The number of para-hydroxylation sites is 2. The molecule has 134 valence electrons. The molecule has 27 heavy (non-hydrogen) atoms. The Bertz CT molecular complexity index is 1150. The van der Waals surface area contributed by atoms with Gasteiger partial charge in [0.15, 0.2) is 5.65 Å². The second-order valence-corrected chi connectivity index (χ2v) is 6.68. The molecule has 5 nitrogen and oxygen atoms in total. The molecule has 0 fully saturated rings. The molecule has 0 saturated heterocycles. The van der Waals surface area contributed by atoms with E-state index >= 15 is 0 Å². The van der Waals surface area contributed by atoms with E-state index in [1.54, 1.807) is 22.9 Å². The first-order valence-corrected chi connectivity index (χ1v) is 8.90. The Hall–Kier alpha value is -3.18. The zero-order valence-corrected chi connectivity index (χ0v) is 15.7. The Morgan fingerprint density at radius 3 is 2.48 bits per heavy atom. The number of benzene rings is 2. The molecule has 4 aromatic rings. The van der Waals surface area contributed by atoms with E-state index in [0.717, 1.165) is 22.5 Å². The summed E-state index contributed by atoms with van der Waals surface area (Å²) in [7, 11) is 0. The number of carbonyl (C=O) groups is 1. The quantitative estimate of drug-likeness (QED) is 0.550. The molecule has 0 aliphatic heterocycles. The lowest BCUT2D eigenvalue weighted by Crippen LogP contribution is -2.13. The molecular formula is C21H17ClN4O. The molecule has 0 saturated carbocycles. The smallest absolute Gasteiger partial charge is 0.256 e. The summed E-state index contributed by atoms with van der Waals surface area (Å²) in [5.74, 6) is -0.241. The number of hydrogen-bond acceptors (Lipinski definition) is 3. The summed E-state index contributed by atoms with van der Waals surface area (Å²) in [6.45, 7) is 3.74. The Morgan fingerprint density at radius 2 is 1.74 bits per heavy atom. The summed E-state index contributed by atoms with van der Waals surface area (Å²) in [4.78, 5) is 17.6. The minimum Gasteiger partial charge on any atom is -0.321 e. The molecule has 0 spiro atoms. The number of carbonyl (C=O) groups excluding carboxylic acids is 1. The number of nitrogens with zero attached hydrogens (tertiary/aromatic N) is 3. The van der Waals surface area contributed by atoms with Gasteiger partial charge in [0.1, 0.15) is 0 Å². The van der Waals surface area contributed by atoms with Gasteiger partial charge in [0, 0.05) is 5.69 Å². The lowest BCUT2D eigenvalue weighted by atomic mass is 10.1. The maximum atomic E-state index is 13.0. The molecule has 6 heteroatoms. The maximum absolute atomic E-state index is 13.0. The van der Waals surface area contributed by atoms with Gasteiger partial charge in [0.05, 0.1) is 33.0 Å². The molecule has 0 radical (unpaired) electrons. The summed E-state index contributed by atoms with van der Waals surface area (Å²) in [5.41, 5.74) is 4.13. The molecule has 0 aliphatic carbocycles. The monoisotopic (exact) mass is 376 g/mol. The van der Waals surface area contributed by atoms with E-state index in [0.29, 0.717) is 21.9 Å². The normalized spacial score (nSPS) is 10.9. The third-order valence-electron chi connectivity index (χ3n) is 4.31. The fourth-order valence-electron chi connectivity index (χ4n) is 3.09. The number of hydrogen-bond donors (Lipinski definition) is 1. The molecule has 0 aliphatic rings. The van der Waals surface area contributed by atoms with Crippen LogP contribution in [0.15, 0.2) is 60.7 Å². The number of fused-ring (bicyclic) bond motifs is 1. The molecule has 0 atom stereocenters. The van der Waals surface area contributed by atoms with Crippen LogP contribution in [0.4, 0.5) is 5.69 Å². The van der Waals surface area contributed by atoms with E-state index in [4.69, 9.17) is 11.6 Å². The molecule has 0 bridgehead atoms. The van der Waals surface area contributed by atoms with Crippen LogP contribution in [0.2, 0.25) is 5.02 Å². The zero-order valence-electron chi connectivity index (χ0n) is 14.9. The van der Waals surface area contributed by atoms with Gasteiger partial charge in [-0.1, -0.05) is 41.9 Å². The van der Waals surface area contributed by atoms with Crippen molar-refractivity contribution in [2.75, 3.05) is 5.32 Å². The number of anilines is 1. The van der Waals surface area contributed by atoms with Crippen molar-refractivity contribution in [3.63, 3.8) is 0 Å². The number of rotatable bonds is 3. The van der Waals surface area contributed by atoms with Crippen molar-refractivity contribution in [2.24, 2.45) is 0 Å². The minimum absolute atomic E-state index is 0.241. The first-order valence-electron chi connectivity index (χ1n) is 8.53. The van der Waals surface area contributed by atoms with Gasteiger partial charge in [-0.15, -0.1) is 0 Å². The highest BCUT2D eigenvalue weighted by atomic mass is 35.5. The topological polar surface area (TPSA) is 59.8 Å². The highest BCUT2D eigenvalue weighted by molar-refractivity contribution is 6.34. The highest BCUT2D eigenvalue weighted by Crippen LogP contribution is 2.27. The van der Waals surface area contributed by atoms with Crippen molar-refractivity contribution in [2.45, 2.75) is 13.8 Å². The van der Waals surface area contributed by atoms with E-state index in [2.05, 4.69) is 15.4 Å². The Labute approximate surface area is 161 Å². The van der Waals surface area contributed by atoms with Crippen LogP contribution in [0.1, 0.15) is 21.7 Å². The minimum atomic E-state index is -0.241. The van der Waals surface area contributed by atoms with Crippen molar-refractivity contribution >= 4 is 34.2 Å². The SMILES string of the molecule is Cc1cc(C(=O)Nc2ccccc2Cl)c2c(C)nn(-c3ccccc3)c2n1. The van der Waals surface area contributed by atoms with Crippen molar-refractivity contribution in [3.05, 3.63) is 82.6 Å². The number of amides is 1. The van der Waals surface area contributed by atoms with Crippen LogP contribution in [0.3, 0.4) is 0 Å². The van der Waals surface area contributed by atoms with Gasteiger partial charge in [-0.2, -0.15) is 5.10 Å². The van der Waals surface area contributed by atoms with E-state index < -0.39 is 0 Å². The molecule has 1 amide bonds. The Morgan fingerprint density at radius 1 is 1.04 bits per heavy atom. The average molecular weight is 377 g/mol. The van der Waals surface area contributed by atoms with Gasteiger partial charge in [-0.25, -0.2) is 9.67 Å². The number of halogens is 1. The summed E-state index contributed by atoms with van der Waals surface area (Å²) >= 11 is 6.18. The van der Waals surface area contributed by atoms with Crippen molar-refractivity contribution in [3.8, 4) is 5.69 Å². The number of aryl methyl sites for hydroxylation is 2. The fraction of sp³-hybridized carbons (Fsp3) is 0.0952. The summed E-state index contributed by atoms with van der Waals surface area (Å²) in [5, 5.41) is 8.72. The molecule has 2 aromatic heterocycles. The van der Waals surface area contributed by atoms with Crippen LogP contribution in [-0.4, -0.2) is 20.7 Å². The van der Waals surface area contributed by atoms with Crippen LogP contribution in [-0.2, 0) is 0 Å². The second-order valence-electron chi connectivity index (χ2n) is 6.28. The largest absolute Gasteiger partial charge is 0.321 e. The summed E-state index contributed by atoms with van der Waals surface area (Å²) in [6, 6.07) is 18.7.